The van der Waals surface area contributed by atoms with E-state index in [-0.39, 0.29) is 5.91 Å². The van der Waals surface area contributed by atoms with E-state index in [1.54, 1.807) is 11.3 Å². The van der Waals surface area contributed by atoms with E-state index in [4.69, 9.17) is 0 Å². The van der Waals surface area contributed by atoms with E-state index in [9.17, 15) is 4.79 Å². The smallest absolute Gasteiger partial charge is 0.220 e. The molecule has 2 aliphatic rings. The zero-order valence-electron chi connectivity index (χ0n) is 12.2. The number of fused-ring (bicyclic) bond motifs is 2. The summed E-state index contributed by atoms with van der Waals surface area (Å²) in [7, 11) is 0. The van der Waals surface area contributed by atoms with Crippen LogP contribution in [0.4, 0.5) is 0 Å². The number of amides is 1. The number of carbonyl (C=O) groups is 1. The summed E-state index contributed by atoms with van der Waals surface area (Å²) < 4.78 is 0. The molecule has 2 atom stereocenters. The number of aryl methyl sites for hydroxylation is 2. The number of hydrogen-bond acceptors (Lipinski definition) is 4. The van der Waals surface area contributed by atoms with Crippen molar-refractivity contribution in [1.29, 1.82) is 0 Å². The first-order valence-corrected chi connectivity index (χ1v) is 8.37. The predicted molar refractivity (Wildman–Crippen MR) is 80.7 cm³/mol. The third-order valence-corrected chi connectivity index (χ3v) is 5.56. The molecule has 110 valence electrons. The molecule has 1 aromatic rings. The zero-order valence-corrected chi connectivity index (χ0v) is 13.1. The summed E-state index contributed by atoms with van der Waals surface area (Å²) in [6, 6.07) is 1.33. The largest absolute Gasteiger partial charge is 0.351 e. The van der Waals surface area contributed by atoms with Gasteiger partial charge in [0.25, 0.3) is 0 Å². The van der Waals surface area contributed by atoms with Crippen molar-refractivity contribution in [2.75, 3.05) is 0 Å². The van der Waals surface area contributed by atoms with Crippen LogP contribution in [-0.4, -0.2) is 23.0 Å². The molecule has 4 nitrogen and oxygen atoms in total. The summed E-state index contributed by atoms with van der Waals surface area (Å²) in [6.07, 6.45) is 5.61. The number of rotatable bonds is 4. The fraction of sp³-hybridized carbons (Fsp3) is 0.733. The Bertz CT molecular complexity index is 487. The molecule has 2 aliphatic heterocycles. The number of thiazole rings is 1. The van der Waals surface area contributed by atoms with Crippen LogP contribution in [0.1, 0.15) is 47.7 Å². The molecule has 2 fully saturated rings. The minimum absolute atomic E-state index is 0.196. The summed E-state index contributed by atoms with van der Waals surface area (Å²) in [4.78, 5) is 17.7. The van der Waals surface area contributed by atoms with Crippen molar-refractivity contribution in [1.82, 2.24) is 15.6 Å². The van der Waals surface area contributed by atoms with Crippen LogP contribution in [0.2, 0.25) is 0 Å². The van der Waals surface area contributed by atoms with Crippen LogP contribution in [0.3, 0.4) is 0 Å². The van der Waals surface area contributed by atoms with Crippen molar-refractivity contribution in [2.24, 2.45) is 5.92 Å². The molecule has 0 saturated carbocycles. The van der Waals surface area contributed by atoms with Gasteiger partial charge in [-0.05, 0) is 45.4 Å². The molecular weight excluding hydrogens is 270 g/mol. The maximum Gasteiger partial charge on any atom is 0.220 e. The highest BCUT2D eigenvalue weighted by atomic mass is 32.1. The molecule has 3 heterocycles. The van der Waals surface area contributed by atoms with Crippen molar-refractivity contribution in [2.45, 2.75) is 64.6 Å². The summed E-state index contributed by atoms with van der Waals surface area (Å²) in [6.45, 7) is 4.65. The van der Waals surface area contributed by atoms with Crippen LogP contribution in [0.15, 0.2) is 0 Å². The van der Waals surface area contributed by atoms with Gasteiger partial charge >= 0.3 is 0 Å². The second kappa shape index (κ2) is 5.82. The first kappa shape index (κ1) is 14.0. The van der Waals surface area contributed by atoms with Crippen molar-refractivity contribution in [3.8, 4) is 0 Å². The summed E-state index contributed by atoms with van der Waals surface area (Å²) in [5.41, 5.74) is 1.05. The van der Waals surface area contributed by atoms with Crippen LogP contribution in [0.5, 0.6) is 0 Å². The van der Waals surface area contributed by atoms with E-state index in [1.807, 2.05) is 13.8 Å². The van der Waals surface area contributed by atoms with Crippen molar-refractivity contribution in [3.05, 3.63) is 15.6 Å². The molecule has 0 spiro atoms. The lowest BCUT2D eigenvalue weighted by atomic mass is 9.89. The minimum atomic E-state index is 0.196. The monoisotopic (exact) mass is 293 g/mol. The Morgan fingerprint density at radius 1 is 1.35 bits per heavy atom. The molecule has 1 aromatic heterocycles. The maximum absolute atomic E-state index is 12.1. The van der Waals surface area contributed by atoms with Gasteiger partial charge in [-0.25, -0.2) is 4.98 Å². The number of piperidine rings is 1. The quantitative estimate of drug-likeness (QED) is 0.895. The number of nitrogens with one attached hydrogen (secondary N) is 2. The van der Waals surface area contributed by atoms with Gasteiger partial charge < -0.3 is 10.6 Å². The van der Waals surface area contributed by atoms with Gasteiger partial charge in [0.05, 0.1) is 17.2 Å². The Balaban J connectivity index is 1.46. The molecule has 1 amide bonds. The molecule has 2 N–H and O–H groups in total. The highest BCUT2D eigenvalue weighted by Gasteiger charge is 2.34. The molecule has 2 unspecified atom stereocenters. The molecule has 5 heteroatoms. The molecule has 0 aromatic carbocycles. The third kappa shape index (κ3) is 3.20. The van der Waals surface area contributed by atoms with E-state index >= 15 is 0 Å². The molecular formula is C15H23N3OS. The van der Waals surface area contributed by atoms with E-state index in [0.717, 1.165) is 10.7 Å². The van der Waals surface area contributed by atoms with Crippen LogP contribution in [0, 0.1) is 19.8 Å². The van der Waals surface area contributed by atoms with Crippen molar-refractivity contribution >= 4 is 17.2 Å². The number of aromatic nitrogens is 1. The average Bonchev–Trinajstić information content (AvgIpc) is 2.89. The standard InChI is InChI=1S/C15H23N3OS/c1-9-14(20-10(2)17-9)8-16-15(19)7-11-5-12-3-4-13(6-11)18-12/h11-13,18H,3-8H2,1-2H3,(H,16,19). The van der Waals surface area contributed by atoms with Crippen molar-refractivity contribution in [3.63, 3.8) is 0 Å². The fourth-order valence-corrected chi connectivity index (χ4v) is 4.47. The molecule has 20 heavy (non-hydrogen) atoms. The van der Waals surface area contributed by atoms with Gasteiger partial charge in [-0.1, -0.05) is 0 Å². The van der Waals surface area contributed by atoms with Gasteiger partial charge in [0.2, 0.25) is 5.91 Å². The summed E-state index contributed by atoms with van der Waals surface area (Å²) >= 11 is 1.68. The highest BCUT2D eigenvalue weighted by Crippen LogP contribution is 2.32. The second-order valence-corrected chi connectivity index (χ2v) is 7.49. The fourth-order valence-electron chi connectivity index (χ4n) is 3.59. The lowest BCUT2D eigenvalue weighted by molar-refractivity contribution is -0.122. The summed E-state index contributed by atoms with van der Waals surface area (Å²) in [5.74, 6) is 0.764. The average molecular weight is 293 g/mol. The normalized spacial score (nSPS) is 28.6. The Labute approximate surface area is 124 Å². The third-order valence-electron chi connectivity index (χ3n) is 4.49. The summed E-state index contributed by atoms with van der Waals surface area (Å²) in [5, 5.41) is 7.76. The van der Waals surface area contributed by atoms with Gasteiger partial charge in [-0.2, -0.15) is 0 Å². The molecule has 0 radical (unpaired) electrons. The zero-order chi connectivity index (χ0) is 14.1. The first-order valence-electron chi connectivity index (χ1n) is 7.56. The Morgan fingerprint density at radius 3 is 2.65 bits per heavy atom. The molecule has 2 bridgehead atoms. The van der Waals surface area contributed by atoms with Crippen molar-refractivity contribution < 1.29 is 4.79 Å². The van der Waals surface area contributed by atoms with E-state index in [1.165, 1.54) is 30.6 Å². The molecule has 3 rings (SSSR count). The number of carbonyl (C=O) groups excluding carboxylic acids is 1. The van der Waals surface area contributed by atoms with Gasteiger partial charge in [0, 0.05) is 23.4 Å². The van der Waals surface area contributed by atoms with E-state index in [2.05, 4.69) is 15.6 Å². The maximum atomic E-state index is 12.1. The first-order chi connectivity index (χ1) is 9.60. The Hall–Kier alpha value is -0.940. The van der Waals surface area contributed by atoms with Crippen LogP contribution >= 0.6 is 11.3 Å². The van der Waals surface area contributed by atoms with Gasteiger partial charge in [-0.3, -0.25) is 4.79 Å². The topological polar surface area (TPSA) is 54.0 Å². The predicted octanol–water partition coefficient (Wildman–Crippen LogP) is 2.30. The lowest BCUT2D eigenvalue weighted by Crippen LogP contribution is -2.39. The second-order valence-electron chi connectivity index (χ2n) is 6.20. The minimum Gasteiger partial charge on any atom is -0.351 e. The van der Waals surface area contributed by atoms with Gasteiger partial charge in [-0.15, -0.1) is 11.3 Å². The van der Waals surface area contributed by atoms with E-state index in [0.29, 0.717) is 31.0 Å². The van der Waals surface area contributed by atoms with Crippen LogP contribution in [0.25, 0.3) is 0 Å². The number of hydrogen-bond donors (Lipinski definition) is 2. The highest BCUT2D eigenvalue weighted by molar-refractivity contribution is 7.11. The SMILES string of the molecule is Cc1nc(C)c(CNC(=O)CC2CC3CCC(C2)N3)s1. The Kier molecular flexibility index (Phi) is 4.08. The lowest BCUT2D eigenvalue weighted by Gasteiger charge is -2.28. The van der Waals surface area contributed by atoms with Gasteiger partial charge in [0.1, 0.15) is 0 Å². The van der Waals surface area contributed by atoms with Crippen LogP contribution < -0.4 is 10.6 Å². The molecule has 0 aliphatic carbocycles. The Morgan fingerprint density at radius 2 is 2.05 bits per heavy atom. The molecule has 2 saturated heterocycles. The van der Waals surface area contributed by atoms with Crippen LogP contribution in [-0.2, 0) is 11.3 Å². The van der Waals surface area contributed by atoms with E-state index < -0.39 is 0 Å². The number of nitrogens with zero attached hydrogens (tertiary/aromatic N) is 1. The van der Waals surface area contributed by atoms with Gasteiger partial charge in [0.15, 0.2) is 0 Å².